The molecule has 0 aliphatic carbocycles. The summed E-state index contributed by atoms with van der Waals surface area (Å²) in [6.45, 7) is 4.09. The molecule has 1 fully saturated rings. The second-order valence-corrected chi connectivity index (χ2v) is 7.03. The Labute approximate surface area is 133 Å². The van der Waals surface area contributed by atoms with Gasteiger partial charge in [0.1, 0.15) is 0 Å². The van der Waals surface area contributed by atoms with Gasteiger partial charge in [-0.05, 0) is 42.9 Å². The molecule has 1 aromatic carbocycles. The molecule has 1 heterocycles. The summed E-state index contributed by atoms with van der Waals surface area (Å²) < 4.78 is 0. The van der Waals surface area contributed by atoms with Gasteiger partial charge in [0.2, 0.25) is 5.91 Å². The van der Waals surface area contributed by atoms with Crippen molar-refractivity contribution in [2.24, 2.45) is 5.92 Å². The minimum atomic E-state index is 0.342. The Kier molecular flexibility index (Phi) is 7.14. The Bertz CT molecular complexity index is 412. The first-order valence-electron chi connectivity index (χ1n) is 8.19. The van der Waals surface area contributed by atoms with Crippen LogP contribution in [-0.2, 0) is 11.2 Å². The van der Waals surface area contributed by atoms with Crippen LogP contribution in [0.4, 0.5) is 0 Å². The Hall–Kier alpha value is -0.960. The van der Waals surface area contributed by atoms with E-state index in [9.17, 15) is 4.79 Å². The van der Waals surface area contributed by atoms with Gasteiger partial charge in [0, 0.05) is 13.1 Å². The van der Waals surface area contributed by atoms with Gasteiger partial charge in [0.25, 0.3) is 0 Å². The molecule has 2 nitrogen and oxygen atoms in total. The van der Waals surface area contributed by atoms with Crippen LogP contribution in [0.25, 0.3) is 0 Å². The van der Waals surface area contributed by atoms with E-state index in [1.165, 1.54) is 18.4 Å². The average molecular weight is 305 g/mol. The highest BCUT2D eigenvalue weighted by Gasteiger charge is 2.22. The van der Waals surface area contributed by atoms with Crippen molar-refractivity contribution in [3.8, 4) is 0 Å². The number of hydrogen-bond donors (Lipinski definition) is 0. The van der Waals surface area contributed by atoms with E-state index in [0.717, 1.165) is 44.0 Å². The van der Waals surface area contributed by atoms with Gasteiger partial charge in [-0.25, -0.2) is 0 Å². The molecule has 0 atom stereocenters. The molecule has 1 saturated heterocycles. The Morgan fingerprint density at radius 1 is 1.24 bits per heavy atom. The number of rotatable bonds is 7. The SMILES string of the molecule is CCCCSCC(=O)N1CCC(Cc2ccccc2)CC1. The average Bonchev–Trinajstić information content (AvgIpc) is 2.53. The van der Waals surface area contributed by atoms with Crippen LogP contribution in [0.5, 0.6) is 0 Å². The van der Waals surface area contributed by atoms with Crippen molar-refractivity contribution in [1.29, 1.82) is 0 Å². The number of carbonyl (C=O) groups is 1. The maximum atomic E-state index is 12.1. The molecular weight excluding hydrogens is 278 g/mol. The predicted octanol–water partition coefficient (Wildman–Crippen LogP) is 4.00. The number of carbonyl (C=O) groups excluding carboxylic acids is 1. The quantitative estimate of drug-likeness (QED) is 0.710. The standard InChI is InChI=1S/C18H27NOS/c1-2-3-13-21-15-18(20)19-11-9-17(10-12-19)14-16-7-5-4-6-8-16/h4-8,17H,2-3,9-15H2,1H3. The molecule has 2 rings (SSSR count). The number of likely N-dealkylation sites (tertiary alicyclic amines) is 1. The lowest BCUT2D eigenvalue weighted by molar-refractivity contribution is -0.129. The molecule has 1 aliphatic heterocycles. The Balaban J connectivity index is 1.67. The fourth-order valence-electron chi connectivity index (χ4n) is 2.83. The van der Waals surface area contributed by atoms with E-state index in [2.05, 4.69) is 42.2 Å². The predicted molar refractivity (Wildman–Crippen MR) is 91.7 cm³/mol. The molecule has 1 aliphatic rings. The molecule has 0 N–H and O–H groups in total. The number of hydrogen-bond acceptors (Lipinski definition) is 2. The van der Waals surface area contributed by atoms with Crippen LogP contribution in [0.15, 0.2) is 30.3 Å². The van der Waals surface area contributed by atoms with Gasteiger partial charge in [-0.1, -0.05) is 43.7 Å². The van der Waals surface area contributed by atoms with Crippen LogP contribution in [0, 0.1) is 5.92 Å². The van der Waals surface area contributed by atoms with E-state index >= 15 is 0 Å². The van der Waals surface area contributed by atoms with Crippen molar-refractivity contribution < 1.29 is 4.79 Å². The van der Waals surface area contributed by atoms with Crippen LogP contribution in [0.3, 0.4) is 0 Å². The van der Waals surface area contributed by atoms with Gasteiger partial charge in [0.15, 0.2) is 0 Å². The third-order valence-corrected chi connectivity index (χ3v) is 5.23. The van der Waals surface area contributed by atoms with E-state index in [0.29, 0.717) is 11.7 Å². The molecule has 21 heavy (non-hydrogen) atoms. The van der Waals surface area contributed by atoms with Crippen LogP contribution < -0.4 is 0 Å². The summed E-state index contributed by atoms with van der Waals surface area (Å²) in [5, 5.41) is 0. The smallest absolute Gasteiger partial charge is 0.232 e. The molecule has 0 unspecified atom stereocenters. The Morgan fingerprint density at radius 3 is 2.62 bits per heavy atom. The highest BCUT2D eigenvalue weighted by molar-refractivity contribution is 7.99. The molecule has 0 saturated carbocycles. The number of benzene rings is 1. The van der Waals surface area contributed by atoms with E-state index < -0.39 is 0 Å². The lowest BCUT2D eigenvalue weighted by Crippen LogP contribution is -2.39. The van der Waals surface area contributed by atoms with E-state index in [4.69, 9.17) is 0 Å². The van der Waals surface area contributed by atoms with Crippen molar-refractivity contribution in [3.05, 3.63) is 35.9 Å². The topological polar surface area (TPSA) is 20.3 Å². The van der Waals surface area contributed by atoms with Gasteiger partial charge in [-0.3, -0.25) is 4.79 Å². The summed E-state index contributed by atoms with van der Waals surface area (Å²) in [4.78, 5) is 14.2. The zero-order valence-electron chi connectivity index (χ0n) is 13.1. The summed E-state index contributed by atoms with van der Waals surface area (Å²) in [7, 11) is 0. The first-order chi connectivity index (χ1) is 10.3. The van der Waals surface area contributed by atoms with Crippen molar-refractivity contribution in [1.82, 2.24) is 4.90 Å². The maximum Gasteiger partial charge on any atom is 0.232 e. The van der Waals surface area contributed by atoms with Crippen molar-refractivity contribution in [2.75, 3.05) is 24.6 Å². The number of thioether (sulfide) groups is 1. The minimum absolute atomic E-state index is 0.342. The highest BCUT2D eigenvalue weighted by atomic mass is 32.2. The van der Waals surface area contributed by atoms with Gasteiger partial charge in [-0.15, -0.1) is 0 Å². The van der Waals surface area contributed by atoms with Crippen molar-refractivity contribution >= 4 is 17.7 Å². The van der Waals surface area contributed by atoms with E-state index in [1.54, 1.807) is 11.8 Å². The van der Waals surface area contributed by atoms with E-state index in [1.807, 2.05) is 0 Å². The van der Waals surface area contributed by atoms with Crippen LogP contribution in [0.1, 0.15) is 38.2 Å². The number of piperidine rings is 1. The normalized spacial score (nSPS) is 16.1. The molecule has 0 radical (unpaired) electrons. The number of amides is 1. The lowest BCUT2D eigenvalue weighted by Gasteiger charge is -2.32. The fourth-order valence-corrected chi connectivity index (χ4v) is 3.83. The molecule has 0 aromatic heterocycles. The third kappa shape index (κ3) is 5.74. The van der Waals surface area contributed by atoms with Crippen LogP contribution >= 0.6 is 11.8 Å². The number of nitrogens with zero attached hydrogens (tertiary/aromatic N) is 1. The van der Waals surface area contributed by atoms with Gasteiger partial charge in [0.05, 0.1) is 5.75 Å². The summed E-state index contributed by atoms with van der Waals surface area (Å²) in [6, 6.07) is 10.7. The Morgan fingerprint density at radius 2 is 1.95 bits per heavy atom. The highest BCUT2D eigenvalue weighted by Crippen LogP contribution is 2.22. The summed E-state index contributed by atoms with van der Waals surface area (Å²) >= 11 is 1.79. The second-order valence-electron chi connectivity index (χ2n) is 5.92. The molecule has 1 amide bonds. The number of unbranched alkanes of at least 4 members (excludes halogenated alkanes) is 1. The van der Waals surface area contributed by atoms with Crippen LogP contribution in [0.2, 0.25) is 0 Å². The second kappa shape index (κ2) is 9.14. The first-order valence-corrected chi connectivity index (χ1v) is 9.34. The molecule has 0 bridgehead atoms. The van der Waals surface area contributed by atoms with Gasteiger partial charge < -0.3 is 4.90 Å². The largest absolute Gasteiger partial charge is 0.342 e. The molecule has 116 valence electrons. The zero-order valence-corrected chi connectivity index (χ0v) is 13.9. The summed E-state index contributed by atoms with van der Waals surface area (Å²) in [5.41, 5.74) is 1.43. The third-order valence-electron chi connectivity index (χ3n) is 4.20. The minimum Gasteiger partial charge on any atom is -0.342 e. The summed E-state index contributed by atoms with van der Waals surface area (Å²) in [5.74, 6) is 2.87. The van der Waals surface area contributed by atoms with Gasteiger partial charge in [-0.2, -0.15) is 11.8 Å². The van der Waals surface area contributed by atoms with Gasteiger partial charge >= 0.3 is 0 Å². The maximum absolute atomic E-state index is 12.1. The zero-order chi connectivity index (χ0) is 14.9. The molecule has 0 spiro atoms. The monoisotopic (exact) mass is 305 g/mol. The molecular formula is C18H27NOS. The van der Waals surface area contributed by atoms with Crippen molar-refractivity contribution in [3.63, 3.8) is 0 Å². The van der Waals surface area contributed by atoms with Crippen LogP contribution in [-0.4, -0.2) is 35.4 Å². The van der Waals surface area contributed by atoms with Crippen molar-refractivity contribution in [2.45, 2.75) is 39.0 Å². The summed E-state index contributed by atoms with van der Waals surface area (Å²) in [6.07, 6.45) is 5.90. The molecule has 3 heteroatoms. The first kappa shape index (κ1) is 16.4. The molecule has 1 aromatic rings. The van der Waals surface area contributed by atoms with E-state index in [-0.39, 0.29) is 0 Å². The lowest BCUT2D eigenvalue weighted by atomic mass is 9.90. The fraction of sp³-hybridized carbons (Fsp3) is 0.611.